The molecule has 1 aromatic heterocycles. The predicted molar refractivity (Wildman–Crippen MR) is 153 cm³/mol. The third kappa shape index (κ3) is 5.40. The summed E-state index contributed by atoms with van der Waals surface area (Å²) < 4.78 is 64.1. The summed E-state index contributed by atoms with van der Waals surface area (Å²) in [5.41, 5.74) is 3.84. The lowest BCUT2D eigenvalue weighted by molar-refractivity contribution is -0.171. The van der Waals surface area contributed by atoms with Crippen LogP contribution in [0.4, 0.5) is 24.8 Å². The molecule has 0 N–H and O–H groups in total. The number of rotatable bonds is 6. The number of esters is 1. The Bertz CT molecular complexity index is 1580. The molecule has 0 radical (unpaired) electrons. The summed E-state index contributed by atoms with van der Waals surface area (Å²) in [6.45, 7) is 6.21. The van der Waals surface area contributed by atoms with Gasteiger partial charge in [-0.1, -0.05) is 24.3 Å². The monoisotopic (exact) mass is 612 g/mol. The lowest BCUT2D eigenvalue weighted by atomic mass is 9.95. The molecule has 3 aliphatic rings. The number of nitrogens with zero attached hydrogens (tertiary/aromatic N) is 4. The van der Waals surface area contributed by atoms with Crippen molar-refractivity contribution in [1.29, 1.82) is 0 Å². The van der Waals surface area contributed by atoms with Crippen LogP contribution >= 0.6 is 0 Å². The van der Waals surface area contributed by atoms with Crippen molar-refractivity contribution < 1.29 is 41.7 Å². The molecule has 2 atom stereocenters. The molecule has 3 aromatic rings. The second-order valence-electron chi connectivity index (χ2n) is 10.9. The first-order valence-electron chi connectivity index (χ1n) is 14.2. The molecular weight excluding hydrogens is 581 g/mol. The fraction of sp³-hybridized carbons (Fsp3) is 0.419. The van der Waals surface area contributed by atoms with Gasteiger partial charge in [0.05, 0.1) is 50.8 Å². The number of morpholine rings is 1. The van der Waals surface area contributed by atoms with Crippen LogP contribution in [-0.4, -0.2) is 74.6 Å². The number of aryl methyl sites for hydroxylation is 2. The number of anilines is 2. The Morgan fingerprint density at radius 1 is 1.02 bits per heavy atom. The average Bonchev–Trinajstić information content (AvgIpc) is 3.61. The highest BCUT2D eigenvalue weighted by atomic mass is 19.4. The zero-order valence-electron chi connectivity index (χ0n) is 24.4. The summed E-state index contributed by atoms with van der Waals surface area (Å²) in [5, 5.41) is 0. The number of para-hydroxylation sites is 1. The molecule has 6 rings (SSSR count). The van der Waals surface area contributed by atoms with E-state index in [0.29, 0.717) is 76.7 Å². The van der Waals surface area contributed by atoms with Crippen LogP contribution < -0.4 is 19.3 Å². The molecule has 10 nitrogen and oxygen atoms in total. The summed E-state index contributed by atoms with van der Waals surface area (Å²) in [4.78, 5) is 37.0. The van der Waals surface area contributed by atoms with E-state index < -0.39 is 24.1 Å². The molecule has 0 spiro atoms. The second kappa shape index (κ2) is 11.6. The van der Waals surface area contributed by atoms with Crippen molar-refractivity contribution in [2.45, 2.75) is 38.4 Å². The lowest BCUT2D eigenvalue weighted by Gasteiger charge is -2.29. The van der Waals surface area contributed by atoms with Gasteiger partial charge in [0.25, 0.3) is 0 Å². The van der Waals surface area contributed by atoms with Gasteiger partial charge in [-0.15, -0.1) is 0 Å². The number of alkyl halides is 3. The van der Waals surface area contributed by atoms with Gasteiger partial charge >= 0.3 is 18.1 Å². The SMILES string of the molecule is COC(=O)C[C@@H]1COc2cc(N(C(=O)C(F)(F)F)[C@@H]3COc4c(-c5c(C)nc(N6CCOCC6)nc5C)cccc43)ccc21. The molecule has 232 valence electrons. The van der Waals surface area contributed by atoms with Gasteiger partial charge in [-0.3, -0.25) is 14.5 Å². The Morgan fingerprint density at radius 3 is 2.43 bits per heavy atom. The molecular formula is C31H31F3N4O6. The Balaban J connectivity index is 1.37. The van der Waals surface area contributed by atoms with E-state index in [9.17, 15) is 22.8 Å². The summed E-state index contributed by atoms with van der Waals surface area (Å²) in [7, 11) is 1.28. The first-order chi connectivity index (χ1) is 21.1. The number of amides is 1. The standard InChI is InChI=1S/C31H31F3N4O6/c1-17-27(18(2)36-30(35-17)37-9-11-42-12-10-37)23-6-4-5-22-24(16-44-28(22)23)38(29(40)31(32,33)34)20-7-8-21-19(13-26(39)41-3)15-43-25(21)14-20/h4-8,14,19,24H,9-13,15-16H2,1-3H3/t19-,24-/m1/s1. The summed E-state index contributed by atoms with van der Waals surface area (Å²) in [5.74, 6) is -1.48. The largest absolute Gasteiger partial charge is 0.493 e. The highest BCUT2D eigenvalue weighted by molar-refractivity contribution is 5.99. The van der Waals surface area contributed by atoms with E-state index in [1.807, 2.05) is 24.8 Å². The number of fused-ring (bicyclic) bond motifs is 2. The first-order valence-corrected chi connectivity index (χ1v) is 14.2. The summed E-state index contributed by atoms with van der Waals surface area (Å²) in [6.07, 6.45) is -5.08. The van der Waals surface area contributed by atoms with Crippen molar-refractivity contribution in [3.05, 3.63) is 58.9 Å². The van der Waals surface area contributed by atoms with Gasteiger partial charge < -0.3 is 23.8 Å². The zero-order chi connectivity index (χ0) is 31.2. The van der Waals surface area contributed by atoms with Crippen molar-refractivity contribution in [2.24, 2.45) is 0 Å². The Kier molecular flexibility index (Phi) is 7.82. The van der Waals surface area contributed by atoms with Crippen molar-refractivity contribution in [3.63, 3.8) is 0 Å². The van der Waals surface area contributed by atoms with E-state index in [0.717, 1.165) is 5.56 Å². The molecule has 1 amide bonds. The zero-order valence-corrected chi connectivity index (χ0v) is 24.4. The molecule has 1 saturated heterocycles. The number of benzene rings is 2. The smallest absolute Gasteiger partial charge is 0.471 e. The van der Waals surface area contributed by atoms with Gasteiger partial charge in [-0.2, -0.15) is 13.2 Å². The Labute approximate surface area is 251 Å². The molecule has 4 heterocycles. The fourth-order valence-corrected chi connectivity index (χ4v) is 6.08. The highest BCUT2D eigenvalue weighted by Crippen LogP contribution is 2.47. The van der Waals surface area contributed by atoms with Crippen LogP contribution in [0, 0.1) is 13.8 Å². The number of ether oxygens (including phenoxy) is 4. The van der Waals surface area contributed by atoms with Gasteiger partial charge in [-0.25, -0.2) is 9.97 Å². The number of hydrogen-bond donors (Lipinski definition) is 0. The fourth-order valence-electron chi connectivity index (χ4n) is 6.08. The van der Waals surface area contributed by atoms with Gasteiger partial charge in [0.2, 0.25) is 5.95 Å². The lowest BCUT2D eigenvalue weighted by Crippen LogP contribution is -2.44. The summed E-state index contributed by atoms with van der Waals surface area (Å²) in [6, 6.07) is 8.57. The molecule has 0 bridgehead atoms. The minimum absolute atomic E-state index is 0.00204. The Morgan fingerprint density at radius 2 is 1.75 bits per heavy atom. The number of halogens is 3. The normalized spacial score (nSPS) is 19.1. The minimum Gasteiger partial charge on any atom is -0.493 e. The molecule has 0 aliphatic carbocycles. The van der Waals surface area contributed by atoms with E-state index >= 15 is 0 Å². The number of carbonyl (C=O) groups is 2. The van der Waals surface area contributed by atoms with Gasteiger partial charge in [-0.05, 0) is 19.9 Å². The Hall–Kier alpha value is -4.39. The van der Waals surface area contributed by atoms with Crippen molar-refractivity contribution in [3.8, 4) is 22.6 Å². The second-order valence-corrected chi connectivity index (χ2v) is 10.9. The van der Waals surface area contributed by atoms with Crippen LogP contribution in [0.5, 0.6) is 11.5 Å². The number of methoxy groups -OCH3 is 1. The molecule has 13 heteroatoms. The quantitative estimate of drug-likeness (QED) is 0.368. The van der Waals surface area contributed by atoms with E-state index in [4.69, 9.17) is 28.9 Å². The maximum absolute atomic E-state index is 14.0. The van der Waals surface area contributed by atoms with E-state index in [-0.39, 0.29) is 31.2 Å². The van der Waals surface area contributed by atoms with Crippen LogP contribution in [-0.2, 0) is 19.1 Å². The number of aromatic nitrogens is 2. The molecule has 2 aromatic carbocycles. The van der Waals surface area contributed by atoms with Crippen LogP contribution in [0.2, 0.25) is 0 Å². The first kappa shape index (κ1) is 29.7. The molecule has 1 fully saturated rings. The highest BCUT2D eigenvalue weighted by Gasteiger charge is 2.48. The predicted octanol–water partition coefficient (Wildman–Crippen LogP) is 4.67. The maximum atomic E-state index is 14.0. The van der Waals surface area contributed by atoms with E-state index in [2.05, 4.69) is 0 Å². The third-order valence-electron chi connectivity index (χ3n) is 8.18. The third-order valence-corrected chi connectivity index (χ3v) is 8.18. The molecule has 0 unspecified atom stereocenters. The van der Waals surface area contributed by atoms with Crippen LogP contribution in [0.1, 0.15) is 40.9 Å². The maximum Gasteiger partial charge on any atom is 0.471 e. The molecule has 44 heavy (non-hydrogen) atoms. The van der Waals surface area contributed by atoms with Crippen LogP contribution in [0.25, 0.3) is 11.1 Å². The van der Waals surface area contributed by atoms with Crippen LogP contribution in [0.3, 0.4) is 0 Å². The minimum atomic E-state index is -5.15. The average molecular weight is 613 g/mol. The summed E-state index contributed by atoms with van der Waals surface area (Å²) >= 11 is 0. The number of carbonyl (C=O) groups excluding carboxylic acids is 2. The van der Waals surface area contributed by atoms with Crippen molar-refractivity contribution in [2.75, 3.05) is 56.4 Å². The van der Waals surface area contributed by atoms with Gasteiger partial charge in [0.15, 0.2) is 0 Å². The molecule has 0 saturated carbocycles. The van der Waals surface area contributed by atoms with Crippen LogP contribution in [0.15, 0.2) is 36.4 Å². The van der Waals surface area contributed by atoms with E-state index in [1.165, 1.54) is 19.2 Å². The van der Waals surface area contributed by atoms with Gasteiger partial charge in [0, 0.05) is 53.0 Å². The van der Waals surface area contributed by atoms with Crippen molar-refractivity contribution >= 4 is 23.5 Å². The van der Waals surface area contributed by atoms with Gasteiger partial charge in [0.1, 0.15) is 18.1 Å². The number of hydrogen-bond acceptors (Lipinski definition) is 9. The van der Waals surface area contributed by atoms with Crippen molar-refractivity contribution in [1.82, 2.24) is 9.97 Å². The molecule has 3 aliphatic heterocycles. The topological polar surface area (TPSA) is 103 Å². The van der Waals surface area contributed by atoms with E-state index in [1.54, 1.807) is 18.2 Å².